The van der Waals surface area contributed by atoms with Crippen LogP contribution in [0.3, 0.4) is 0 Å². The van der Waals surface area contributed by atoms with Gasteiger partial charge in [0.2, 0.25) is 15.8 Å². The summed E-state index contributed by atoms with van der Waals surface area (Å²) in [7, 11) is -3.97. The molecule has 25 heavy (non-hydrogen) atoms. The lowest BCUT2D eigenvalue weighted by Crippen LogP contribution is -2.14. The molecule has 3 aromatic rings. The topological polar surface area (TPSA) is 140 Å². The molecule has 0 aliphatic heterocycles. The van der Waals surface area contributed by atoms with Crippen LogP contribution in [-0.2, 0) is 16.4 Å². The molecule has 0 radical (unpaired) electrons. The Morgan fingerprint density at radius 2 is 1.96 bits per heavy atom. The zero-order valence-corrected chi connectivity index (χ0v) is 13.9. The summed E-state index contributed by atoms with van der Waals surface area (Å²) in [4.78, 5) is 8.71. The van der Waals surface area contributed by atoms with Crippen molar-refractivity contribution in [2.24, 2.45) is 11.1 Å². The molecule has 0 spiro atoms. The normalized spacial score (nSPS) is 14.6. The smallest absolute Gasteiger partial charge is 0.238 e. The summed E-state index contributed by atoms with van der Waals surface area (Å²) in [5.41, 5.74) is 1.51. The van der Waals surface area contributed by atoms with Crippen molar-refractivity contribution >= 4 is 10.0 Å². The Morgan fingerprint density at radius 3 is 2.56 bits per heavy atom. The molecule has 9 nitrogen and oxygen atoms in total. The SMILES string of the molecule is NS(=O)(=O)c1cccc(-c2cnc(CC3CC3)nc2)c1-c1nn[nH]n1. The Morgan fingerprint density at radius 1 is 1.20 bits per heavy atom. The Kier molecular flexibility index (Phi) is 3.77. The third-order valence-electron chi connectivity index (χ3n) is 4.09. The lowest BCUT2D eigenvalue weighted by molar-refractivity contribution is 0.598. The highest BCUT2D eigenvalue weighted by Crippen LogP contribution is 2.35. The summed E-state index contributed by atoms with van der Waals surface area (Å²) >= 11 is 0. The molecule has 0 bridgehead atoms. The van der Waals surface area contributed by atoms with Gasteiger partial charge in [-0.2, -0.15) is 5.21 Å². The van der Waals surface area contributed by atoms with Crippen molar-refractivity contribution in [1.29, 1.82) is 0 Å². The van der Waals surface area contributed by atoms with E-state index in [-0.39, 0.29) is 16.3 Å². The van der Waals surface area contributed by atoms with E-state index < -0.39 is 10.0 Å². The zero-order valence-electron chi connectivity index (χ0n) is 13.1. The molecule has 0 atom stereocenters. The van der Waals surface area contributed by atoms with E-state index in [0.717, 1.165) is 12.2 Å². The first-order valence-corrected chi connectivity index (χ1v) is 9.28. The third kappa shape index (κ3) is 3.26. The Bertz CT molecular complexity index is 997. The van der Waals surface area contributed by atoms with E-state index in [1.54, 1.807) is 24.5 Å². The predicted molar refractivity (Wildman–Crippen MR) is 88.4 cm³/mol. The molecular formula is C15H15N7O2S. The van der Waals surface area contributed by atoms with Crippen LogP contribution in [0.2, 0.25) is 0 Å². The van der Waals surface area contributed by atoms with Crippen molar-refractivity contribution in [3.8, 4) is 22.5 Å². The molecule has 128 valence electrons. The van der Waals surface area contributed by atoms with E-state index in [0.29, 0.717) is 17.0 Å². The zero-order chi connectivity index (χ0) is 17.4. The van der Waals surface area contributed by atoms with Gasteiger partial charge in [-0.1, -0.05) is 12.1 Å². The molecule has 1 aliphatic rings. The number of hydrogen-bond acceptors (Lipinski definition) is 7. The van der Waals surface area contributed by atoms with Gasteiger partial charge in [0.15, 0.2) is 0 Å². The fourth-order valence-corrected chi connectivity index (χ4v) is 3.44. The summed E-state index contributed by atoms with van der Waals surface area (Å²) < 4.78 is 24.0. The minimum atomic E-state index is -3.97. The van der Waals surface area contributed by atoms with E-state index in [1.807, 2.05) is 0 Å². The van der Waals surface area contributed by atoms with Gasteiger partial charge in [-0.25, -0.2) is 23.5 Å². The second-order valence-corrected chi connectivity index (χ2v) is 7.52. The lowest BCUT2D eigenvalue weighted by atomic mass is 10.0. The quantitative estimate of drug-likeness (QED) is 0.692. The van der Waals surface area contributed by atoms with Crippen LogP contribution in [0.4, 0.5) is 0 Å². The summed E-state index contributed by atoms with van der Waals surface area (Å²) in [6.07, 6.45) is 6.68. The van der Waals surface area contributed by atoms with Crippen LogP contribution in [0, 0.1) is 5.92 Å². The summed E-state index contributed by atoms with van der Waals surface area (Å²) in [6.45, 7) is 0. The number of benzene rings is 1. The molecule has 0 amide bonds. The van der Waals surface area contributed by atoms with Crippen molar-refractivity contribution in [2.75, 3.05) is 0 Å². The number of rotatable bonds is 5. The Labute approximate surface area is 143 Å². The highest BCUT2D eigenvalue weighted by Gasteiger charge is 2.24. The first kappa shape index (κ1) is 15.8. The Balaban J connectivity index is 1.83. The molecule has 1 aromatic carbocycles. The van der Waals surface area contributed by atoms with Crippen LogP contribution >= 0.6 is 0 Å². The van der Waals surface area contributed by atoms with Gasteiger partial charge in [0.25, 0.3) is 0 Å². The minimum Gasteiger partial charge on any atom is -0.241 e. The average molecular weight is 357 g/mol. The molecular weight excluding hydrogens is 342 g/mol. The second kappa shape index (κ2) is 5.97. The fraction of sp³-hybridized carbons (Fsp3) is 0.267. The molecule has 1 aliphatic carbocycles. The number of hydrogen-bond donors (Lipinski definition) is 2. The second-order valence-electron chi connectivity index (χ2n) is 5.99. The van der Waals surface area contributed by atoms with Crippen LogP contribution in [0.15, 0.2) is 35.5 Å². The van der Waals surface area contributed by atoms with Crippen LogP contribution in [-0.4, -0.2) is 39.0 Å². The molecule has 0 unspecified atom stereocenters. The molecule has 0 saturated heterocycles. The van der Waals surface area contributed by atoms with E-state index >= 15 is 0 Å². The van der Waals surface area contributed by atoms with Gasteiger partial charge >= 0.3 is 0 Å². The third-order valence-corrected chi connectivity index (χ3v) is 5.04. The Hall–Kier alpha value is -2.72. The molecule has 10 heteroatoms. The first-order chi connectivity index (χ1) is 12.0. The molecule has 2 aromatic heterocycles. The number of nitrogens with one attached hydrogen (secondary N) is 1. The van der Waals surface area contributed by atoms with Crippen molar-refractivity contribution in [3.63, 3.8) is 0 Å². The molecule has 4 rings (SSSR count). The van der Waals surface area contributed by atoms with Gasteiger partial charge in [0, 0.05) is 24.4 Å². The molecule has 2 heterocycles. The summed E-state index contributed by atoms with van der Waals surface area (Å²) in [5, 5.41) is 19.0. The number of nitrogens with two attached hydrogens (primary N) is 1. The van der Waals surface area contributed by atoms with E-state index in [2.05, 4.69) is 30.6 Å². The largest absolute Gasteiger partial charge is 0.241 e. The molecule has 3 N–H and O–H groups in total. The minimum absolute atomic E-state index is 0.0755. The van der Waals surface area contributed by atoms with Gasteiger partial charge in [0.05, 0.1) is 10.5 Å². The first-order valence-electron chi connectivity index (χ1n) is 7.73. The van der Waals surface area contributed by atoms with Crippen molar-refractivity contribution in [3.05, 3.63) is 36.4 Å². The maximum absolute atomic E-state index is 12.0. The lowest BCUT2D eigenvalue weighted by Gasteiger charge is -2.11. The fourth-order valence-electron chi connectivity index (χ4n) is 2.69. The predicted octanol–water partition coefficient (Wildman–Crippen LogP) is 0.924. The number of sulfonamides is 1. The highest BCUT2D eigenvalue weighted by atomic mass is 32.2. The number of nitrogens with zero attached hydrogens (tertiary/aromatic N) is 5. The summed E-state index contributed by atoms with van der Waals surface area (Å²) in [6, 6.07) is 4.77. The number of H-pyrrole nitrogens is 1. The number of tetrazole rings is 1. The molecule has 1 saturated carbocycles. The summed E-state index contributed by atoms with van der Waals surface area (Å²) in [5.74, 6) is 1.61. The van der Waals surface area contributed by atoms with Gasteiger partial charge in [-0.3, -0.25) is 0 Å². The maximum atomic E-state index is 12.0. The maximum Gasteiger partial charge on any atom is 0.238 e. The number of aromatic amines is 1. The van der Waals surface area contributed by atoms with Crippen LogP contribution in [0.5, 0.6) is 0 Å². The van der Waals surface area contributed by atoms with Gasteiger partial charge in [-0.05, 0) is 35.6 Å². The standard InChI is InChI=1S/C15H15N7O2S/c16-25(23,24)12-3-1-2-11(14(12)15-19-21-22-20-15)10-7-17-13(18-8-10)6-9-4-5-9/h1-3,7-9H,4-6H2,(H2,16,23,24)(H,19,20,21,22). The van der Waals surface area contributed by atoms with Gasteiger partial charge in [0.1, 0.15) is 5.82 Å². The van der Waals surface area contributed by atoms with E-state index in [1.165, 1.54) is 18.9 Å². The van der Waals surface area contributed by atoms with Crippen LogP contribution in [0.25, 0.3) is 22.5 Å². The number of primary sulfonamides is 1. The molecule has 1 fully saturated rings. The van der Waals surface area contributed by atoms with Crippen LogP contribution < -0.4 is 5.14 Å². The van der Waals surface area contributed by atoms with Gasteiger partial charge in [-0.15, -0.1) is 10.2 Å². The van der Waals surface area contributed by atoms with Crippen LogP contribution in [0.1, 0.15) is 18.7 Å². The number of aromatic nitrogens is 6. The van der Waals surface area contributed by atoms with E-state index in [9.17, 15) is 8.42 Å². The highest BCUT2D eigenvalue weighted by molar-refractivity contribution is 7.89. The van der Waals surface area contributed by atoms with Gasteiger partial charge < -0.3 is 0 Å². The average Bonchev–Trinajstić information content (AvgIpc) is 3.24. The van der Waals surface area contributed by atoms with Crippen molar-refractivity contribution < 1.29 is 8.42 Å². The van der Waals surface area contributed by atoms with Crippen molar-refractivity contribution in [2.45, 2.75) is 24.2 Å². The van der Waals surface area contributed by atoms with Crippen molar-refractivity contribution in [1.82, 2.24) is 30.6 Å². The monoisotopic (exact) mass is 357 g/mol. The van der Waals surface area contributed by atoms with E-state index in [4.69, 9.17) is 5.14 Å².